The second-order valence-corrected chi connectivity index (χ2v) is 12.5. The average molecular weight is 866 g/mol. The zero-order chi connectivity index (χ0) is 33.8. The van der Waals surface area contributed by atoms with Crippen molar-refractivity contribution in [3.63, 3.8) is 0 Å². The molecule has 0 bridgehead atoms. The van der Waals surface area contributed by atoms with Crippen molar-refractivity contribution in [2.75, 3.05) is 0 Å². The number of hydrogen-bond donors (Lipinski definition) is 0. The molecule has 0 amide bonds. The summed E-state index contributed by atoms with van der Waals surface area (Å²) in [5.74, 6) is 0.240. The molecule has 0 N–H and O–H groups in total. The summed E-state index contributed by atoms with van der Waals surface area (Å²) in [6, 6.07) is 62.5. The molecule has 8 rings (SSSR count). The van der Waals surface area contributed by atoms with Gasteiger partial charge in [0, 0.05) is 40.8 Å². The van der Waals surface area contributed by atoms with Gasteiger partial charge in [-0.05, 0) is 25.7 Å². The van der Waals surface area contributed by atoms with E-state index in [-0.39, 0.29) is 54.2 Å². The van der Waals surface area contributed by atoms with Crippen LogP contribution >= 0.6 is 0 Å². The fourth-order valence-electron chi connectivity index (χ4n) is 6.23. The molecule has 0 saturated carbocycles. The van der Waals surface area contributed by atoms with E-state index in [1.807, 2.05) is 42.5 Å². The van der Waals surface area contributed by atoms with Gasteiger partial charge in [0.1, 0.15) is 0 Å². The maximum Gasteiger partial charge on any atom is 0 e. The van der Waals surface area contributed by atoms with Gasteiger partial charge in [-0.25, -0.2) is 35.4 Å². The molecule has 0 spiro atoms. The number of benzene rings is 6. The van der Waals surface area contributed by atoms with Crippen LogP contribution in [0.2, 0.25) is 0 Å². The Hall–Kier alpha value is -4.40. The molecule has 2 heteroatoms. The normalized spacial score (nSPS) is 13.5. The van der Waals surface area contributed by atoms with Crippen molar-refractivity contribution in [3.05, 3.63) is 256 Å². The van der Waals surface area contributed by atoms with E-state index < -0.39 is 0 Å². The number of hydrogen-bond acceptors (Lipinski definition) is 0. The quantitative estimate of drug-likeness (QED) is 0.0951. The van der Waals surface area contributed by atoms with Crippen LogP contribution in [0.25, 0.3) is 5.57 Å². The van der Waals surface area contributed by atoms with Crippen molar-refractivity contribution >= 4 is 5.57 Å². The monoisotopic (exact) mass is 864 g/mol. The van der Waals surface area contributed by atoms with E-state index >= 15 is 0 Å². The molecular weight excluding hydrogens is 825 g/mol. The summed E-state index contributed by atoms with van der Waals surface area (Å²) in [6.45, 7) is 0. The van der Waals surface area contributed by atoms with Gasteiger partial charge in [0.25, 0.3) is 0 Å². The van der Waals surface area contributed by atoms with E-state index in [4.69, 9.17) is 0 Å². The van der Waals surface area contributed by atoms with E-state index in [0.29, 0.717) is 0 Å². The van der Waals surface area contributed by atoms with Crippen LogP contribution in [0.5, 0.6) is 0 Å². The molecule has 0 saturated heterocycles. The molecule has 0 aliphatic heterocycles. The van der Waals surface area contributed by atoms with Gasteiger partial charge in [-0.1, -0.05) is 13.3 Å². The van der Waals surface area contributed by atoms with Gasteiger partial charge in [-0.15, -0.1) is 18.1 Å². The molecular formula is C51H40Pd2-8. The Morgan fingerprint density at radius 3 is 1.49 bits per heavy atom. The summed E-state index contributed by atoms with van der Waals surface area (Å²) in [6.07, 6.45) is 21.3. The number of allylic oxidation sites excluding steroid dienone is 8. The van der Waals surface area contributed by atoms with E-state index in [1.165, 1.54) is 55.6 Å². The van der Waals surface area contributed by atoms with Crippen LogP contribution in [0.4, 0.5) is 0 Å². The summed E-state index contributed by atoms with van der Waals surface area (Å²) >= 11 is 0. The summed E-state index contributed by atoms with van der Waals surface area (Å²) in [4.78, 5) is 0. The van der Waals surface area contributed by atoms with E-state index in [9.17, 15) is 0 Å². The first kappa shape index (κ1) is 41.4. The third-order valence-electron chi connectivity index (χ3n) is 8.67. The zero-order valence-electron chi connectivity index (χ0n) is 28.7. The predicted octanol–water partition coefficient (Wildman–Crippen LogP) is 11.3. The first-order valence-electron chi connectivity index (χ1n) is 17.2. The fraction of sp³-hybridized carbons (Fsp3) is 0.137. The molecule has 1 unspecified atom stereocenters. The fourth-order valence-corrected chi connectivity index (χ4v) is 6.23. The standard InChI is InChI=1S/2C25H18.CH4.2Pd/c2*1-2-8-20(9-3-1)16-21-10-6-11-22(17-21)18-23-12-7-15-25(19-23)24-13-4-5-14-24;;;/h1-8,10-12,15H,13,16,18H2;1-8,10-13,15,24H,16,18H2;1H4;;/q2*-4;;;. The zero-order valence-corrected chi connectivity index (χ0v) is 31.8. The topological polar surface area (TPSA) is 0 Å². The molecule has 2 aliphatic rings. The number of rotatable bonds is 10. The first-order chi connectivity index (χ1) is 24.7. The maximum absolute atomic E-state index is 3.56. The van der Waals surface area contributed by atoms with Gasteiger partial charge in [0.2, 0.25) is 0 Å². The smallest absolute Gasteiger partial charge is 0 e. The van der Waals surface area contributed by atoms with Crippen molar-refractivity contribution in [2.45, 2.75) is 45.4 Å². The molecule has 0 fully saturated rings. The van der Waals surface area contributed by atoms with Gasteiger partial charge >= 0.3 is 0 Å². The van der Waals surface area contributed by atoms with Crippen molar-refractivity contribution in [3.8, 4) is 0 Å². The molecule has 2 aliphatic carbocycles. The molecule has 0 radical (unpaired) electrons. The summed E-state index contributed by atoms with van der Waals surface area (Å²) in [5, 5.41) is 0. The molecule has 0 nitrogen and oxygen atoms in total. The first-order valence-corrected chi connectivity index (χ1v) is 17.2. The molecule has 6 aromatic rings. The molecule has 1 atom stereocenters. The molecule has 0 aromatic heterocycles. The Kier molecular flexibility index (Phi) is 16.7. The molecule has 6 aromatic carbocycles. The van der Waals surface area contributed by atoms with Crippen LogP contribution in [0.3, 0.4) is 0 Å². The third kappa shape index (κ3) is 12.3. The minimum atomic E-state index is 0. The Morgan fingerprint density at radius 1 is 0.509 bits per heavy atom. The Balaban J connectivity index is 0.000000224. The van der Waals surface area contributed by atoms with Crippen LogP contribution in [-0.4, -0.2) is 0 Å². The van der Waals surface area contributed by atoms with Gasteiger partial charge in [0.05, 0.1) is 0 Å². The minimum Gasteiger partial charge on any atom is -0.267 e. The maximum atomic E-state index is 3.56. The van der Waals surface area contributed by atoms with Gasteiger partial charge < -0.3 is 0 Å². The third-order valence-corrected chi connectivity index (χ3v) is 8.67. The van der Waals surface area contributed by atoms with E-state index in [2.05, 4.69) is 158 Å². The summed E-state index contributed by atoms with van der Waals surface area (Å²) in [7, 11) is 0. The average Bonchev–Trinajstić information content (AvgIpc) is 3.90. The second kappa shape index (κ2) is 21.3. The van der Waals surface area contributed by atoms with Gasteiger partial charge in [-0.2, -0.15) is 208 Å². The van der Waals surface area contributed by atoms with Crippen molar-refractivity contribution < 1.29 is 40.8 Å². The van der Waals surface area contributed by atoms with Crippen molar-refractivity contribution in [1.82, 2.24) is 0 Å². The SMILES string of the molecule is C.[C-]1=C(c2[c-]c(Cc3[c-]c(Cc4[c-]cccc4)ccc3)ccc2)CC=C1.[C-]1=CC=CC1c1[c-]c(Cc2[c-]c(Cc3[c-]cccc3)ccc2)ccc1.[Pd].[Pd]. The van der Waals surface area contributed by atoms with E-state index in [1.54, 1.807) is 0 Å². The predicted molar refractivity (Wildman–Crippen MR) is 210 cm³/mol. The van der Waals surface area contributed by atoms with Gasteiger partial charge in [-0.3, -0.25) is 6.08 Å². The van der Waals surface area contributed by atoms with E-state index in [0.717, 1.165) is 37.7 Å². The minimum absolute atomic E-state index is 0. The molecule has 53 heavy (non-hydrogen) atoms. The van der Waals surface area contributed by atoms with Crippen molar-refractivity contribution in [1.29, 1.82) is 0 Å². The van der Waals surface area contributed by atoms with Crippen LogP contribution in [-0.2, 0) is 66.5 Å². The van der Waals surface area contributed by atoms with Crippen LogP contribution in [0.1, 0.15) is 75.4 Å². The van der Waals surface area contributed by atoms with Crippen molar-refractivity contribution in [2.24, 2.45) is 0 Å². The molecule has 0 heterocycles. The Bertz CT molecular complexity index is 2120. The van der Waals surface area contributed by atoms with Crippen LogP contribution in [0.15, 0.2) is 152 Å². The van der Waals surface area contributed by atoms with Gasteiger partial charge in [0.15, 0.2) is 0 Å². The Labute approximate surface area is 345 Å². The van der Waals surface area contributed by atoms with Crippen LogP contribution in [0, 0.1) is 48.6 Å². The largest absolute Gasteiger partial charge is 0.267 e. The summed E-state index contributed by atoms with van der Waals surface area (Å²) in [5.41, 5.74) is 13.1. The van der Waals surface area contributed by atoms with Crippen LogP contribution < -0.4 is 0 Å². The Morgan fingerprint density at radius 2 is 1.00 bits per heavy atom. The molecule has 272 valence electrons. The summed E-state index contributed by atoms with van der Waals surface area (Å²) < 4.78 is 0. The second-order valence-electron chi connectivity index (χ2n) is 12.5.